The van der Waals surface area contributed by atoms with Crippen molar-refractivity contribution in [1.82, 2.24) is 9.62 Å². The van der Waals surface area contributed by atoms with E-state index < -0.39 is 16.1 Å². The van der Waals surface area contributed by atoms with Crippen LogP contribution in [0.25, 0.3) is 0 Å². The maximum Gasteiger partial charge on any atom is 0.240 e. The van der Waals surface area contributed by atoms with Crippen molar-refractivity contribution in [3.05, 3.63) is 29.3 Å². The molecule has 0 saturated heterocycles. The van der Waals surface area contributed by atoms with Crippen LogP contribution in [0, 0.1) is 5.92 Å². The molecule has 1 unspecified atom stereocenters. The Balaban J connectivity index is 2.12. The third kappa shape index (κ3) is 5.52. The molecule has 0 bridgehead atoms. The zero-order valence-corrected chi connectivity index (χ0v) is 16.0. The Morgan fingerprint density at radius 1 is 1.28 bits per heavy atom. The van der Waals surface area contributed by atoms with E-state index in [-0.39, 0.29) is 17.3 Å². The number of carbonyl (C=O) groups is 1. The van der Waals surface area contributed by atoms with Gasteiger partial charge in [-0.25, -0.2) is 13.1 Å². The average Bonchev–Trinajstić information content (AvgIpc) is 2.52. The van der Waals surface area contributed by atoms with Crippen LogP contribution in [0.2, 0.25) is 0 Å². The molecule has 1 heterocycles. The standard InChI is InChI=1S/C18H28N2O4S/c1-13(2)10-18(22)20-9-7-15-4-5-17(11-16(15)12-20)25(23,24)19-8-6-14(3)21/h4-5,11,13-14,19,21H,6-10,12H2,1-3H3. The Hall–Kier alpha value is -1.44. The minimum absolute atomic E-state index is 0.115. The van der Waals surface area contributed by atoms with Crippen molar-refractivity contribution in [1.29, 1.82) is 0 Å². The Morgan fingerprint density at radius 2 is 2.00 bits per heavy atom. The van der Waals surface area contributed by atoms with Gasteiger partial charge in [0.15, 0.2) is 0 Å². The molecule has 0 spiro atoms. The average molecular weight is 368 g/mol. The van der Waals surface area contributed by atoms with Gasteiger partial charge in [-0.3, -0.25) is 4.79 Å². The first-order valence-electron chi connectivity index (χ1n) is 8.76. The minimum Gasteiger partial charge on any atom is -0.393 e. The van der Waals surface area contributed by atoms with Gasteiger partial charge in [0.2, 0.25) is 15.9 Å². The van der Waals surface area contributed by atoms with Gasteiger partial charge in [0.05, 0.1) is 11.0 Å². The molecule has 0 aliphatic carbocycles. The fraction of sp³-hybridized carbons (Fsp3) is 0.611. The summed E-state index contributed by atoms with van der Waals surface area (Å²) in [4.78, 5) is 14.3. The van der Waals surface area contributed by atoms with Gasteiger partial charge in [-0.05, 0) is 48.9 Å². The van der Waals surface area contributed by atoms with E-state index in [0.717, 1.165) is 17.5 Å². The van der Waals surface area contributed by atoms with Crippen molar-refractivity contribution in [3.8, 4) is 0 Å². The second-order valence-corrected chi connectivity index (χ2v) is 8.90. The summed E-state index contributed by atoms with van der Waals surface area (Å²) in [6, 6.07) is 5.10. The highest BCUT2D eigenvalue weighted by atomic mass is 32.2. The highest BCUT2D eigenvalue weighted by Crippen LogP contribution is 2.23. The molecule has 140 valence electrons. The molecule has 1 aliphatic heterocycles. The van der Waals surface area contributed by atoms with Crippen LogP contribution in [0.1, 0.15) is 44.7 Å². The number of carbonyl (C=O) groups excluding carboxylic acids is 1. The summed E-state index contributed by atoms with van der Waals surface area (Å²) in [6.45, 7) is 6.97. The summed E-state index contributed by atoms with van der Waals surface area (Å²) in [5.74, 6) is 0.419. The van der Waals surface area contributed by atoms with E-state index in [2.05, 4.69) is 4.72 Å². The van der Waals surface area contributed by atoms with Gasteiger partial charge in [0.25, 0.3) is 0 Å². The molecule has 1 amide bonds. The van der Waals surface area contributed by atoms with Gasteiger partial charge in [-0.1, -0.05) is 19.9 Å². The highest BCUT2D eigenvalue weighted by molar-refractivity contribution is 7.89. The van der Waals surface area contributed by atoms with Crippen molar-refractivity contribution in [2.45, 2.75) is 57.6 Å². The second kappa shape index (κ2) is 8.29. The summed E-state index contributed by atoms with van der Waals surface area (Å²) in [6.07, 6.45) is 1.07. The van der Waals surface area contributed by atoms with E-state index in [9.17, 15) is 18.3 Å². The van der Waals surface area contributed by atoms with Crippen molar-refractivity contribution in [2.24, 2.45) is 5.92 Å². The molecule has 0 fully saturated rings. The van der Waals surface area contributed by atoms with Gasteiger partial charge in [0.1, 0.15) is 0 Å². The van der Waals surface area contributed by atoms with E-state index in [1.165, 1.54) is 0 Å². The van der Waals surface area contributed by atoms with Crippen LogP contribution < -0.4 is 4.72 Å². The summed E-state index contributed by atoms with van der Waals surface area (Å²) in [5, 5.41) is 9.25. The number of hydrogen-bond donors (Lipinski definition) is 2. The van der Waals surface area contributed by atoms with Crippen LogP contribution in [0.4, 0.5) is 0 Å². The van der Waals surface area contributed by atoms with E-state index in [0.29, 0.717) is 31.8 Å². The molecule has 0 saturated carbocycles. The van der Waals surface area contributed by atoms with Crippen LogP contribution >= 0.6 is 0 Å². The Bertz CT molecular complexity index is 714. The molecule has 6 nitrogen and oxygen atoms in total. The molecule has 1 aliphatic rings. The number of nitrogens with one attached hydrogen (secondary N) is 1. The Labute approximate surface area is 150 Å². The maximum absolute atomic E-state index is 12.4. The van der Waals surface area contributed by atoms with E-state index in [4.69, 9.17) is 0 Å². The third-order valence-electron chi connectivity index (χ3n) is 4.29. The minimum atomic E-state index is -3.61. The fourth-order valence-electron chi connectivity index (χ4n) is 2.88. The van der Waals surface area contributed by atoms with Crippen LogP contribution in [-0.4, -0.2) is 43.5 Å². The first-order chi connectivity index (χ1) is 11.7. The van der Waals surface area contributed by atoms with E-state index in [1.807, 2.05) is 19.9 Å². The molecule has 0 radical (unpaired) electrons. The van der Waals surface area contributed by atoms with Gasteiger partial charge >= 0.3 is 0 Å². The number of rotatable bonds is 7. The third-order valence-corrected chi connectivity index (χ3v) is 5.75. The van der Waals surface area contributed by atoms with Crippen LogP contribution in [0.3, 0.4) is 0 Å². The molecule has 1 atom stereocenters. The number of benzene rings is 1. The normalized spacial score (nSPS) is 16.0. The number of hydrogen-bond acceptors (Lipinski definition) is 4. The molecule has 0 aromatic heterocycles. The van der Waals surface area contributed by atoms with Gasteiger partial charge in [-0.2, -0.15) is 0 Å². The quantitative estimate of drug-likeness (QED) is 0.766. The van der Waals surface area contributed by atoms with Crippen LogP contribution in [0.5, 0.6) is 0 Å². The predicted molar refractivity (Wildman–Crippen MR) is 96.5 cm³/mol. The van der Waals surface area contributed by atoms with Gasteiger partial charge in [0, 0.05) is 26.1 Å². The molecule has 2 N–H and O–H groups in total. The maximum atomic E-state index is 12.4. The number of nitrogens with zero attached hydrogens (tertiary/aromatic N) is 1. The lowest BCUT2D eigenvalue weighted by Crippen LogP contribution is -2.36. The molecule has 1 aromatic carbocycles. The topological polar surface area (TPSA) is 86.7 Å². The first kappa shape index (κ1) is 19.9. The summed E-state index contributed by atoms with van der Waals surface area (Å²) < 4.78 is 27.3. The lowest BCUT2D eigenvalue weighted by atomic mass is 9.99. The molecule has 7 heteroatoms. The SMILES string of the molecule is CC(C)CC(=O)N1CCc2ccc(S(=O)(=O)NCCC(C)O)cc2C1. The number of fused-ring (bicyclic) bond motifs is 1. The van der Waals surface area contributed by atoms with Crippen molar-refractivity contribution < 1.29 is 18.3 Å². The predicted octanol–water partition coefficient (Wildman–Crippen LogP) is 1.67. The van der Waals surface area contributed by atoms with Crippen molar-refractivity contribution in [2.75, 3.05) is 13.1 Å². The lowest BCUT2D eigenvalue weighted by molar-refractivity contribution is -0.132. The van der Waals surface area contributed by atoms with Crippen molar-refractivity contribution >= 4 is 15.9 Å². The monoisotopic (exact) mass is 368 g/mol. The Morgan fingerprint density at radius 3 is 2.64 bits per heavy atom. The van der Waals surface area contributed by atoms with Crippen LogP contribution in [0.15, 0.2) is 23.1 Å². The summed E-state index contributed by atoms with van der Waals surface area (Å²) in [5.41, 5.74) is 1.98. The number of sulfonamides is 1. The fourth-order valence-corrected chi connectivity index (χ4v) is 3.98. The van der Waals surface area contributed by atoms with E-state index in [1.54, 1.807) is 24.0 Å². The first-order valence-corrected chi connectivity index (χ1v) is 10.2. The highest BCUT2D eigenvalue weighted by Gasteiger charge is 2.23. The Kier molecular flexibility index (Phi) is 6.59. The number of aliphatic hydroxyl groups excluding tert-OH is 1. The second-order valence-electron chi connectivity index (χ2n) is 7.13. The molecular weight excluding hydrogens is 340 g/mol. The smallest absolute Gasteiger partial charge is 0.240 e. The lowest BCUT2D eigenvalue weighted by Gasteiger charge is -2.30. The molecule has 1 aromatic rings. The largest absolute Gasteiger partial charge is 0.393 e. The number of amides is 1. The van der Waals surface area contributed by atoms with Gasteiger partial charge < -0.3 is 10.0 Å². The van der Waals surface area contributed by atoms with E-state index >= 15 is 0 Å². The zero-order chi connectivity index (χ0) is 18.6. The molecule has 2 rings (SSSR count). The summed E-state index contributed by atoms with van der Waals surface area (Å²) >= 11 is 0. The molecular formula is C18H28N2O4S. The van der Waals surface area contributed by atoms with Crippen LogP contribution in [-0.2, 0) is 27.8 Å². The zero-order valence-electron chi connectivity index (χ0n) is 15.2. The summed E-state index contributed by atoms with van der Waals surface area (Å²) in [7, 11) is -3.61. The molecule has 25 heavy (non-hydrogen) atoms. The van der Waals surface area contributed by atoms with Crippen molar-refractivity contribution in [3.63, 3.8) is 0 Å². The number of aliphatic hydroxyl groups is 1. The van der Waals surface area contributed by atoms with Gasteiger partial charge in [-0.15, -0.1) is 0 Å².